The topological polar surface area (TPSA) is 98.5 Å². The zero-order chi connectivity index (χ0) is 17.0. The second-order valence-corrected chi connectivity index (χ2v) is 4.83. The van der Waals surface area contributed by atoms with Gasteiger partial charge in [-0.25, -0.2) is 0 Å². The highest BCUT2D eigenvalue weighted by molar-refractivity contribution is 6.04. The molecule has 118 valence electrons. The maximum atomic E-state index is 12.2. The van der Waals surface area contributed by atoms with Crippen molar-refractivity contribution in [3.63, 3.8) is 0 Å². The SMILES string of the molecule is CC(=O)Oc1cccc(NC(=O)c2ccc(C)c([N+](=O)[O-])c2)c1. The highest BCUT2D eigenvalue weighted by Gasteiger charge is 2.15. The molecule has 0 fully saturated rings. The standard InChI is InChI=1S/C16H14N2O5/c1-10-6-7-12(8-15(10)18(21)22)16(20)17-13-4-3-5-14(9-13)23-11(2)19/h3-9H,1-2H3,(H,17,20). The zero-order valence-electron chi connectivity index (χ0n) is 12.5. The molecule has 7 nitrogen and oxygen atoms in total. The first-order chi connectivity index (χ1) is 10.9. The smallest absolute Gasteiger partial charge is 0.308 e. The molecule has 1 amide bonds. The Morgan fingerprint density at radius 3 is 2.57 bits per heavy atom. The number of nitro benzene ring substituents is 1. The predicted molar refractivity (Wildman–Crippen MR) is 83.5 cm³/mol. The number of aryl methyl sites for hydroxylation is 1. The second-order valence-electron chi connectivity index (χ2n) is 4.83. The molecule has 0 bridgehead atoms. The Morgan fingerprint density at radius 2 is 1.91 bits per heavy atom. The summed E-state index contributed by atoms with van der Waals surface area (Å²) in [7, 11) is 0. The number of hydrogen-bond donors (Lipinski definition) is 1. The van der Waals surface area contributed by atoms with Gasteiger partial charge in [-0.3, -0.25) is 19.7 Å². The van der Waals surface area contributed by atoms with Gasteiger partial charge in [0.15, 0.2) is 0 Å². The molecule has 0 saturated carbocycles. The summed E-state index contributed by atoms with van der Waals surface area (Å²) < 4.78 is 4.93. The number of benzene rings is 2. The van der Waals surface area contributed by atoms with Gasteiger partial charge in [0, 0.05) is 35.9 Å². The summed E-state index contributed by atoms with van der Waals surface area (Å²) in [6, 6.07) is 10.5. The van der Waals surface area contributed by atoms with Crippen molar-refractivity contribution >= 4 is 23.3 Å². The fourth-order valence-corrected chi connectivity index (χ4v) is 1.95. The van der Waals surface area contributed by atoms with Gasteiger partial charge in [-0.1, -0.05) is 12.1 Å². The van der Waals surface area contributed by atoms with E-state index in [9.17, 15) is 19.7 Å². The number of carbonyl (C=O) groups excluding carboxylic acids is 2. The number of nitro groups is 1. The summed E-state index contributed by atoms with van der Waals surface area (Å²) in [6.45, 7) is 2.87. The van der Waals surface area contributed by atoms with E-state index in [1.54, 1.807) is 25.1 Å². The predicted octanol–water partition coefficient (Wildman–Crippen LogP) is 3.08. The minimum absolute atomic E-state index is 0.119. The van der Waals surface area contributed by atoms with Gasteiger partial charge in [0.25, 0.3) is 11.6 Å². The highest BCUT2D eigenvalue weighted by Crippen LogP contribution is 2.21. The molecular weight excluding hydrogens is 300 g/mol. The number of hydrogen-bond acceptors (Lipinski definition) is 5. The van der Waals surface area contributed by atoms with Crippen LogP contribution in [-0.4, -0.2) is 16.8 Å². The van der Waals surface area contributed by atoms with Crippen LogP contribution in [0.3, 0.4) is 0 Å². The van der Waals surface area contributed by atoms with Crippen molar-refractivity contribution in [1.29, 1.82) is 0 Å². The lowest BCUT2D eigenvalue weighted by atomic mass is 10.1. The molecule has 0 spiro atoms. The van der Waals surface area contributed by atoms with E-state index in [1.807, 2.05) is 0 Å². The Kier molecular flexibility index (Phi) is 4.70. The van der Waals surface area contributed by atoms with Crippen LogP contribution >= 0.6 is 0 Å². The molecule has 0 heterocycles. The molecule has 2 rings (SSSR count). The van der Waals surface area contributed by atoms with Gasteiger partial charge >= 0.3 is 5.97 Å². The number of amides is 1. The average Bonchev–Trinajstić information content (AvgIpc) is 2.46. The number of esters is 1. The number of carbonyl (C=O) groups is 2. The molecule has 0 radical (unpaired) electrons. The third-order valence-electron chi connectivity index (χ3n) is 3.02. The van der Waals surface area contributed by atoms with Crippen LogP contribution in [0.5, 0.6) is 5.75 Å². The molecule has 2 aromatic carbocycles. The van der Waals surface area contributed by atoms with Crippen LogP contribution in [0, 0.1) is 17.0 Å². The van der Waals surface area contributed by atoms with Crippen molar-refractivity contribution in [3.05, 3.63) is 63.7 Å². The van der Waals surface area contributed by atoms with Crippen LogP contribution in [0.15, 0.2) is 42.5 Å². The number of nitrogens with zero attached hydrogens (tertiary/aromatic N) is 1. The molecule has 0 aromatic heterocycles. The highest BCUT2D eigenvalue weighted by atomic mass is 16.6. The maximum Gasteiger partial charge on any atom is 0.308 e. The van der Waals surface area contributed by atoms with Crippen molar-refractivity contribution in [2.45, 2.75) is 13.8 Å². The van der Waals surface area contributed by atoms with Gasteiger partial charge in [-0.2, -0.15) is 0 Å². The van der Waals surface area contributed by atoms with Gasteiger partial charge in [0.05, 0.1) is 4.92 Å². The van der Waals surface area contributed by atoms with E-state index in [-0.39, 0.29) is 11.3 Å². The minimum Gasteiger partial charge on any atom is -0.427 e. The third kappa shape index (κ3) is 4.13. The number of anilines is 1. The van der Waals surface area contributed by atoms with E-state index >= 15 is 0 Å². The lowest BCUT2D eigenvalue weighted by molar-refractivity contribution is -0.385. The zero-order valence-corrected chi connectivity index (χ0v) is 12.5. The molecule has 0 atom stereocenters. The lowest BCUT2D eigenvalue weighted by Gasteiger charge is -2.08. The number of ether oxygens (including phenoxy) is 1. The number of nitrogens with one attached hydrogen (secondary N) is 1. The summed E-state index contributed by atoms with van der Waals surface area (Å²) in [6.07, 6.45) is 0. The van der Waals surface area contributed by atoms with Crippen molar-refractivity contribution < 1.29 is 19.2 Å². The van der Waals surface area contributed by atoms with Gasteiger partial charge in [0.2, 0.25) is 0 Å². The monoisotopic (exact) mass is 314 g/mol. The first-order valence-corrected chi connectivity index (χ1v) is 6.71. The summed E-state index contributed by atoms with van der Waals surface area (Å²) in [5, 5.41) is 13.5. The molecule has 0 aliphatic heterocycles. The van der Waals surface area contributed by atoms with Gasteiger partial charge in [0.1, 0.15) is 5.75 Å². The fraction of sp³-hybridized carbons (Fsp3) is 0.125. The molecule has 0 unspecified atom stereocenters. The van der Waals surface area contributed by atoms with E-state index in [4.69, 9.17) is 4.74 Å². The van der Waals surface area contributed by atoms with E-state index in [2.05, 4.69) is 5.32 Å². The van der Waals surface area contributed by atoms with Crippen LogP contribution in [0.4, 0.5) is 11.4 Å². The van der Waals surface area contributed by atoms with Gasteiger partial charge < -0.3 is 10.1 Å². The van der Waals surface area contributed by atoms with E-state index in [0.29, 0.717) is 17.0 Å². The number of rotatable bonds is 4. The molecule has 1 N–H and O–H groups in total. The normalized spacial score (nSPS) is 10.0. The molecule has 0 aliphatic carbocycles. The molecule has 0 saturated heterocycles. The lowest BCUT2D eigenvalue weighted by Crippen LogP contribution is -2.12. The van der Waals surface area contributed by atoms with Crippen molar-refractivity contribution in [1.82, 2.24) is 0 Å². The Labute approximate surface area is 132 Å². The summed E-state index contributed by atoms with van der Waals surface area (Å²) in [5.74, 6) is -0.666. The third-order valence-corrected chi connectivity index (χ3v) is 3.02. The molecule has 0 aliphatic rings. The molecule has 7 heteroatoms. The first kappa shape index (κ1) is 16.2. The Balaban J connectivity index is 2.21. The van der Waals surface area contributed by atoms with Crippen molar-refractivity contribution in [2.75, 3.05) is 5.32 Å². The van der Waals surface area contributed by atoms with E-state index < -0.39 is 16.8 Å². The maximum absolute atomic E-state index is 12.2. The fourth-order valence-electron chi connectivity index (χ4n) is 1.95. The van der Waals surface area contributed by atoms with Crippen LogP contribution in [0.25, 0.3) is 0 Å². The van der Waals surface area contributed by atoms with Crippen molar-refractivity contribution in [2.24, 2.45) is 0 Å². The summed E-state index contributed by atoms with van der Waals surface area (Å²) >= 11 is 0. The summed E-state index contributed by atoms with van der Waals surface area (Å²) in [4.78, 5) is 33.5. The first-order valence-electron chi connectivity index (χ1n) is 6.71. The van der Waals surface area contributed by atoms with Gasteiger partial charge in [-0.05, 0) is 25.1 Å². The Hall–Kier alpha value is -3.22. The van der Waals surface area contributed by atoms with Gasteiger partial charge in [-0.15, -0.1) is 0 Å². The minimum atomic E-state index is -0.534. The summed E-state index contributed by atoms with van der Waals surface area (Å²) in [5.41, 5.74) is 0.937. The van der Waals surface area contributed by atoms with E-state index in [1.165, 1.54) is 31.2 Å². The van der Waals surface area contributed by atoms with E-state index in [0.717, 1.165) is 0 Å². The quantitative estimate of drug-likeness (QED) is 0.404. The largest absolute Gasteiger partial charge is 0.427 e. The van der Waals surface area contributed by atoms with Crippen LogP contribution in [0.1, 0.15) is 22.8 Å². The van der Waals surface area contributed by atoms with Crippen LogP contribution in [-0.2, 0) is 4.79 Å². The van der Waals surface area contributed by atoms with Crippen LogP contribution in [0.2, 0.25) is 0 Å². The second kappa shape index (κ2) is 6.69. The average molecular weight is 314 g/mol. The Bertz CT molecular complexity index is 786. The molecule has 2 aromatic rings. The van der Waals surface area contributed by atoms with Crippen molar-refractivity contribution in [3.8, 4) is 5.75 Å². The molecule has 23 heavy (non-hydrogen) atoms. The molecular formula is C16H14N2O5. The van der Waals surface area contributed by atoms with Crippen LogP contribution < -0.4 is 10.1 Å². The Morgan fingerprint density at radius 1 is 1.17 bits per heavy atom.